The van der Waals surface area contributed by atoms with Crippen LogP contribution in [-0.2, 0) is 27.8 Å². The molecular weight excluding hydrogens is 448 g/mol. The Kier molecular flexibility index (Phi) is 7.08. The van der Waals surface area contributed by atoms with Gasteiger partial charge >= 0.3 is 0 Å². The number of sulfonamides is 1. The highest BCUT2D eigenvalue weighted by Gasteiger charge is 2.25. The smallest absolute Gasteiger partial charge is 0.243 e. The van der Waals surface area contributed by atoms with Crippen LogP contribution in [0.3, 0.4) is 0 Å². The van der Waals surface area contributed by atoms with Crippen molar-refractivity contribution >= 4 is 43.2 Å². The molecule has 1 amide bonds. The molecule has 1 N–H and O–H groups in total. The Morgan fingerprint density at radius 2 is 1.85 bits per heavy atom. The van der Waals surface area contributed by atoms with Crippen molar-refractivity contribution in [2.45, 2.75) is 43.5 Å². The number of benzene rings is 1. The molecule has 5 nitrogen and oxygen atoms in total. The summed E-state index contributed by atoms with van der Waals surface area (Å²) in [5, 5.41) is 4.90. The topological polar surface area (TPSA) is 66.5 Å². The molecule has 0 aliphatic carbocycles. The van der Waals surface area contributed by atoms with Gasteiger partial charge < -0.3 is 5.32 Å². The lowest BCUT2D eigenvalue weighted by molar-refractivity contribution is -0.121. The summed E-state index contributed by atoms with van der Waals surface area (Å²) < 4.78 is 27.9. The summed E-state index contributed by atoms with van der Waals surface area (Å²) in [5.41, 5.74) is 0.960. The summed E-state index contributed by atoms with van der Waals surface area (Å²) in [5.74, 6) is -0.00969. The van der Waals surface area contributed by atoms with Crippen LogP contribution < -0.4 is 5.32 Å². The first kappa shape index (κ1) is 20.5. The average molecular weight is 471 g/mol. The largest absolute Gasteiger partial charge is 0.351 e. The van der Waals surface area contributed by atoms with E-state index in [9.17, 15) is 13.2 Å². The lowest BCUT2D eigenvalue weighted by Gasteiger charge is -2.25. The number of rotatable bonds is 7. The number of nitrogens with zero attached hydrogens (tertiary/aromatic N) is 1. The minimum Gasteiger partial charge on any atom is -0.351 e. The number of nitrogens with one attached hydrogen (secondary N) is 1. The number of halogens is 1. The van der Waals surface area contributed by atoms with Crippen LogP contribution in [0.2, 0.25) is 0 Å². The van der Waals surface area contributed by atoms with E-state index in [1.807, 2.05) is 11.4 Å². The maximum absolute atomic E-state index is 12.6. The molecule has 8 heteroatoms. The SMILES string of the molecule is O=C(CCc1ccc(S(=O)(=O)N2CCCCC2)cc1)NCc1cc(Br)cs1. The van der Waals surface area contributed by atoms with Crippen LogP contribution in [-0.4, -0.2) is 31.7 Å². The van der Waals surface area contributed by atoms with E-state index in [0.29, 0.717) is 37.4 Å². The highest BCUT2D eigenvalue weighted by atomic mass is 79.9. The number of carbonyl (C=O) groups excluding carboxylic acids is 1. The molecule has 3 rings (SSSR count). The molecule has 27 heavy (non-hydrogen) atoms. The third kappa shape index (κ3) is 5.63. The lowest BCUT2D eigenvalue weighted by Crippen LogP contribution is -2.35. The molecule has 0 spiro atoms. The summed E-state index contributed by atoms with van der Waals surface area (Å²) in [6.45, 7) is 1.73. The van der Waals surface area contributed by atoms with Crippen molar-refractivity contribution in [3.05, 3.63) is 50.6 Å². The van der Waals surface area contributed by atoms with E-state index in [1.54, 1.807) is 39.9 Å². The molecule has 0 atom stereocenters. The van der Waals surface area contributed by atoms with Gasteiger partial charge in [0.05, 0.1) is 11.4 Å². The van der Waals surface area contributed by atoms with E-state index < -0.39 is 10.0 Å². The number of piperidine rings is 1. The van der Waals surface area contributed by atoms with Gasteiger partial charge in [-0.15, -0.1) is 11.3 Å². The van der Waals surface area contributed by atoms with Crippen molar-refractivity contribution < 1.29 is 13.2 Å². The molecule has 2 aromatic rings. The minimum absolute atomic E-state index is 0.00969. The van der Waals surface area contributed by atoms with Gasteiger partial charge in [-0.05, 0) is 59.0 Å². The van der Waals surface area contributed by atoms with Gasteiger partial charge in [-0.3, -0.25) is 4.79 Å². The molecule has 2 heterocycles. The third-order valence-corrected chi connectivity index (χ3v) is 8.21. The van der Waals surface area contributed by atoms with Gasteiger partial charge in [0.2, 0.25) is 15.9 Å². The van der Waals surface area contributed by atoms with Crippen LogP contribution in [0.15, 0.2) is 45.1 Å². The fraction of sp³-hybridized carbons (Fsp3) is 0.421. The summed E-state index contributed by atoms with van der Waals surface area (Å²) in [4.78, 5) is 13.4. The molecule has 0 saturated carbocycles. The zero-order valence-corrected chi connectivity index (χ0v) is 18.2. The van der Waals surface area contributed by atoms with E-state index in [2.05, 4.69) is 21.2 Å². The van der Waals surface area contributed by atoms with Crippen molar-refractivity contribution in [2.75, 3.05) is 13.1 Å². The maximum Gasteiger partial charge on any atom is 0.243 e. The first-order chi connectivity index (χ1) is 12.9. The first-order valence-electron chi connectivity index (χ1n) is 9.04. The van der Waals surface area contributed by atoms with Crippen LogP contribution in [0.25, 0.3) is 0 Å². The van der Waals surface area contributed by atoms with Crippen LogP contribution >= 0.6 is 27.3 Å². The maximum atomic E-state index is 12.6. The normalized spacial score (nSPS) is 15.6. The van der Waals surface area contributed by atoms with Gasteiger partial charge in [0.15, 0.2) is 0 Å². The molecule has 0 radical (unpaired) electrons. The fourth-order valence-corrected chi connectivity index (χ4v) is 5.97. The number of carbonyl (C=O) groups is 1. The summed E-state index contributed by atoms with van der Waals surface area (Å²) in [7, 11) is -3.40. The molecule has 0 unspecified atom stereocenters. The molecule has 1 aliphatic heterocycles. The Morgan fingerprint density at radius 1 is 1.15 bits per heavy atom. The molecular formula is C19H23BrN2O3S2. The van der Waals surface area contributed by atoms with E-state index in [-0.39, 0.29) is 5.91 Å². The molecule has 1 saturated heterocycles. The highest BCUT2D eigenvalue weighted by molar-refractivity contribution is 9.10. The van der Waals surface area contributed by atoms with E-state index >= 15 is 0 Å². The number of hydrogen-bond acceptors (Lipinski definition) is 4. The molecule has 1 aliphatic rings. The van der Waals surface area contributed by atoms with Crippen molar-refractivity contribution in [3.63, 3.8) is 0 Å². The Labute approximate surface area is 173 Å². The quantitative estimate of drug-likeness (QED) is 0.666. The second kappa shape index (κ2) is 9.32. The van der Waals surface area contributed by atoms with Gasteiger partial charge in [-0.1, -0.05) is 18.6 Å². The van der Waals surface area contributed by atoms with Gasteiger partial charge in [0.1, 0.15) is 0 Å². The second-order valence-corrected chi connectivity index (χ2v) is 10.5. The monoisotopic (exact) mass is 470 g/mol. The fourth-order valence-electron chi connectivity index (χ4n) is 3.06. The van der Waals surface area contributed by atoms with Crippen LogP contribution in [0.5, 0.6) is 0 Å². The van der Waals surface area contributed by atoms with Crippen molar-refractivity contribution in [1.29, 1.82) is 0 Å². The van der Waals surface area contributed by atoms with Crippen molar-refractivity contribution in [3.8, 4) is 0 Å². The Balaban J connectivity index is 1.50. The minimum atomic E-state index is -3.40. The molecule has 1 aromatic heterocycles. The summed E-state index contributed by atoms with van der Waals surface area (Å²) in [6, 6.07) is 8.91. The van der Waals surface area contributed by atoms with Crippen molar-refractivity contribution in [1.82, 2.24) is 9.62 Å². The van der Waals surface area contributed by atoms with Gasteiger partial charge in [-0.2, -0.15) is 4.31 Å². The van der Waals surface area contributed by atoms with Crippen LogP contribution in [0, 0.1) is 0 Å². The van der Waals surface area contributed by atoms with E-state index in [4.69, 9.17) is 0 Å². The zero-order valence-electron chi connectivity index (χ0n) is 15.0. The third-order valence-electron chi connectivity index (χ3n) is 4.60. The number of amides is 1. The number of aryl methyl sites for hydroxylation is 1. The number of thiophene rings is 1. The summed E-state index contributed by atoms with van der Waals surface area (Å²) in [6.07, 6.45) is 3.91. The van der Waals surface area contributed by atoms with E-state index in [1.165, 1.54) is 0 Å². The predicted octanol–water partition coefficient (Wildman–Crippen LogP) is 3.93. The number of hydrogen-bond donors (Lipinski definition) is 1. The zero-order chi connectivity index (χ0) is 19.3. The molecule has 0 bridgehead atoms. The molecule has 146 valence electrons. The Hall–Kier alpha value is -1.22. The van der Waals surface area contributed by atoms with Gasteiger partial charge in [-0.25, -0.2) is 8.42 Å². The van der Waals surface area contributed by atoms with Crippen LogP contribution in [0.4, 0.5) is 0 Å². The standard InChI is InChI=1S/C19H23BrN2O3S2/c20-16-12-17(26-14-16)13-21-19(23)9-6-15-4-7-18(8-5-15)27(24,25)22-10-2-1-3-11-22/h4-5,7-8,12,14H,1-3,6,9-11,13H2,(H,21,23). The van der Waals surface area contributed by atoms with Gasteiger partial charge in [0.25, 0.3) is 0 Å². The predicted molar refractivity (Wildman–Crippen MR) is 111 cm³/mol. The van der Waals surface area contributed by atoms with Gasteiger partial charge in [0, 0.05) is 34.2 Å². The molecule has 1 aromatic carbocycles. The van der Waals surface area contributed by atoms with Crippen LogP contribution in [0.1, 0.15) is 36.1 Å². The van der Waals surface area contributed by atoms with E-state index in [0.717, 1.165) is 34.2 Å². The van der Waals surface area contributed by atoms with Crippen molar-refractivity contribution in [2.24, 2.45) is 0 Å². The first-order valence-corrected chi connectivity index (χ1v) is 12.1. The second-order valence-electron chi connectivity index (χ2n) is 6.62. The Bertz CT molecular complexity index is 873. The Morgan fingerprint density at radius 3 is 2.48 bits per heavy atom. The summed E-state index contributed by atoms with van der Waals surface area (Å²) >= 11 is 5.00. The highest BCUT2D eigenvalue weighted by Crippen LogP contribution is 2.21. The molecule has 1 fully saturated rings. The lowest BCUT2D eigenvalue weighted by atomic mass is 10.1. The average Bonchev–Trinajstić information content (AvgIpc) is 3.11.